The number of ether oxygens (including phenoxy) is 1. The molecule has 0 fully saturated rings. The second-order valence-corrected chi connectivity index (χ2v) is 7.81. The van der Waals surface area contributed by atoms with Gasteiger partial charge in [-0.05, 0) is 42.5 Å². The molecule has 8 heteroatoms. The predicted molar refractivity (Wildman–Crippen MR) is 117 cm³/mol. The smallest absolute Gasteiger partial charge is 0.273 e. The van der Waals surface area contributed by atoms with Crippen LogP contribution in [0.25, 0.3) is 0 Å². The van der Waals surface area contributed by atoms with Crippen LogP contribution in [0.15, 0.2) is 54.9 Å². The van der Waals surface area contributed by atoms with Gasteiger partial charge in [0, 0.05) is 29.8 Å². The van der Waals surface area contributed by atoms with E-state index in [-0.39, 0.29) is 29.6 Å². The number of nitrogens with zero attached hydrogens (tertiary/aromatic N) is 2. The van der Waals surface area contributed by atoms with Crippen molar-refractivity contribution in [3.8, 4) is 5.75 Å². The topological polar surface area (TPSA) is 125 Å². The molecule has 8 nitrogen and oxygen atoms in total. The van der Waals surface area contributed by atoms with Crippen LogP contribution in [0.4, 0.5) is 5.69 Å². The highest BCUT2D eigenvalue weighted by atomic mass is 16.6. The summed E-state index contributed by atoms with van der Waals surface area (Å²) in [5, 5.41) is 11.2. The number of carbonyl (C=O) groups excluding carboxylic acids is 2. The number of fused-ring (bicyclic) bond motifs is 1. The van der Waals surface area contributed by atoms with E-state index in [1.165, 1.54) is 18.5 Å². The van der Waals surface area contributed by atoms with Gasteiger partial charge in [-0.3, -0.25) is 24.7 Å². The van der Waals surface area contributed by atoms with E-state index in [9.17, 15) is 19.7 Å². The number of nitro benzene ring substituents is 1. The SMILES string of the molecule is Cc1ccc(C(=O)Cc2ccc3c(c2)C(Oc2cncc(C(N)=O)c2)CC3)cc1[N+](=O)[O-]. The molecule has 0 radical (unpaired) electrons. The van der Waals surface area contributed by atoms with Crippen molar-refractivity contribution in [2.45, 2.75) is 32.3 Å². The van der Waals surface area contributed by atoms with Crippen LogP contribution in [-0.2, 0) is 12.8 Å². The van der Waals surface area contributed by atoms with Crippen LogP contribution in [0, 0.1) is 17.0 Å². The Morgan fingerprint density at radius 2 is 1.97 bits per heavy atom. The second-order valence-electron chi connectivity index (χ2n) is 7.81. The third-order valence-electron chi connectivity index (χ3n) is 5.60. The van der Waals surface area contributed by atoms with Crippen molar-refractivity contribution in [1.82, 2.24) is 4.98 Å². The highest BCUT2D eigenvalue weighted by molar-refractivity contribution is 5.98. The number of pyridine rings is 1. The molecule has 3 aromatic rings. The molecule has 0 bridgehead atoms. The van der Waals surface area contributed by atoms with Crippen LogP contribution in [-0.4, -0.2) is 21.6 Å². The summed E-state index contributed by atoms with van der Waals surface area (Å²) in [6.07, 6.45) is 4.40. The summed E-state index contributed by atoms with van der Waals surface area (Å²) in [7, 11) is 0. The van der Waals surface area contributed by atoms with E-state index < -0.39 is 10.8 Å². The van der Waals surface area contributed by atoms with Crippen molar-refractivity contribution < 1.29 is 19.2 Å². The van der Waals surface area contributed by atoms with Crippen LogP contribution >= 0.6 is 0 Å². The molecule has 1 aromatic heterocycles. The second kappa shape index (κ2) is 8.58. The van der Waals surface area contributed by atoms with Crippen molar-refractivity contribution in [3.05, 3.63) is 98.4 Å². The normalized spacial score (nSPS) is 14.6. The Balaban J connectivity index is 1.53. The van der Waals surface area contributed by atoms with E-state index in [2.05, 4.69) is 4.98 Å². The molecule has 1 heterocycles. The largest absolute Gasteiger partial charge is 0.484 e. The number of Topliss-reactive ketones (excluding diaryl/α,β-unsaturated/α-hetero) is 1. The van der Waals surface area contributed by atoms with Gasteiger partial charge in [-0.1, -0.05) is 30.3 Å². The molecule has 0 spiro atoms. The number of ketones is 1. The van der Waals surface area contributed by atoms with Gasteiger partial charge >= 0.3 is 0 Å². The quantitative estimate of drug-likeness (QED) is 0.344. The number of benzene rings is 2. The van der Waals surface area contributed by atoms with Gasteiger partial charge in [-0.2, -0.15) is 0 Å². The minimum Gasteiger partial charge on any atom is -0.484 e. The third kappa shape index (κ3) is 4.34. The number of carbonyl (C=O) groups is 2. The van der Waals surface area contributed by atoms with Gasteiger partial charge in [-0.15, -0.1) is 0 Å². The molecule has 0 aliphatic heterocycles. The van der Waals surface area contributed by atoms with Crippen LogP contribution in [0.5, 0.6) is 5.75 Å². The van der Waals surface area contributed by atoms with E-state index in [1.54, 1.807) is 25.1 Å². The van der Waals surface area contributed by atoms with Crippen LogP contribution < -0.4 is 10.5 Å². The number of nitro groups is 1. The number of aryl methyl sites for hydroxylation is 2. The van der Waals surface area contributed by atoms with Crippen molar-refractivity contribution in [2.75, 3.05) is 0 Å². The lowest BCUT2D eigenvalue weighted by molar-refractivity contribution is -0.385. The first-order chi connectivity index (χ1) is 15.3. The molecule has 162 valence electrons. The summed E-state index contributed by atoms with van der Waals surface area (Å²) in [6, 6.07) is 11.9. The standard InChI is InChI=1S/C24H21N3O5/c1-14-2-4-17(11-21(14)27(30)31)22(28)9-15-3-5-16-6-7-23(20(16)8-15)32-19-10-18(24(25)29)12-26-13-19/h2-5,8,10-13,23H,6-7,9H2,1H3,(H2,25,29). The summed E-state index contributed by atoms with van der Waals surface area (Å²) >= 11 is 0. The number of nitrogens with two attached hydrogens (primary N) is 1. The Labute approximate surface area is 184 Å². The van der Waals surface area contributed by atoms with Crippen LogP contribution in [0.2, 0.25) is 0 Å². The summed E-state index contributed by atoms with van der Waals surface area (Å²) in [6.45, 7) is 1.64. The molecular formula is C24H21N3O5. The molecule has 2 aromatic carbocycles. The summed E-state index contributed by atoms with van der Waals surface area (Å²) in [4.78, 5) is 38.9. The molecule has 32 heavy (non-hydrogen) atoms. The molecule has 4 rings (SSSR count). The fourth-order valence-corrected chi connectivity index (χ4v) is 3.90. The third-order valence-corrected chi connectivity index (χ3v) is 5.60. The molecule has 1 aliphatic rings. The number of hydrogen-bond donors (Lipinski definition) is 1. The van der Waals surface area contributed by atoms with Crippen molar-refractivity contribution in [1.29, 1.82) is 0 Å². The molecule has 0 saturated heterocycles. The number of aromatic nitrogens is 1. The van der Waals surface area contributed by atoms with Crippen molar-refractivity contribution >= 4 is 17.4 Å². The molecular weight excluding hydrogens is 410 g/mol. The van der Waals surface area contributed by atoms with Gasteiger partial charge in [0.1, 0.15) is 11.9 Å². The first kappa shape index (κ1) is 21.2. The lowest BCUT2D eigenvalue weighted by Crippen LogP contribution is -2.12. The minimum absolute atomic E-state index is 0.0648. The van der Waals surface area contributed by atoms with Gasteiger partial charge < -0.3 is 10.5 Å². The highest BCUT2D eigenvalue weighted by Crippen LogP contribution is 2.36. The molecule has 0 saturated carbocycles. The number of hydrogen-bond acceptors (Lipinski definition) is 6. The van der Waals surface area contributed by atoms with Gasteiger partial charge in [0.15, 0.2) is 5.78 Å². The molecule has 1 unspecified atom stereocenters. The number of primary amides is 1. The average molecular weight is 431 g/mol. The van der Waals surface area contributed by atoms with Crippen LogP contribution in [0.1, 0.15) is 55.5 Å². The minimum atomic E-state index is -0.577. The van der Waals surface area contributed by atoms with Gasteiger partial charge in [0.05, 0.1) is 16.7 Å². The van der Waals surface area contributed by atoms with Crippen molar-refractivity contribution in [3.63, 3.8) is 0 Å². The molecule has 1 amide bonds. The van der Waals surface area contributed by atoms with Gasteiger partial charge in [0.2, 0.25) is 5.91 Å². The zero-order chi connectivity index (χ0) is 22.8. The fourth-order valence-electron chi connectivity index (χ4n) is 3.90. The van der Waals surface area contributed by atoms with Crippen LogP contribution in [0.3, 0.4) is 0 Å². The Morgan fingerprint density at radius 1 is 1.16 bits per heavy atom. The van der Waals surface area contributed by atoms with Crippen molar-refractivity contribution in [2.24, 2.45) is 5.73 Å². The molecule has 2 N–H and O–H groups in total. The summed E-state index contributed by atoms with van der Waals surface area (Å²) in [5.41, 5.74) is 9.26. The first-order valence-electron chi connectivity index (χ1n) is 10.1. The average Bonchev–Trinajstić information content (AvgIpc) is 3.16. The maximum atomic E-state index is 12.8. The zero-order valence-corrected chi connectivity index (χ0v) is 17.4. The van der Waals surface area contributed by atoms with E-state index in [4.69, 9.17) is 10.5 Å². The number of amides is 1. The lowest BCUT2D eigenvalue weighted by atomic mass is 9.98. The fraction of sp³-hybridized carbons (Fsp3) is 0.208. The summed E-state index contributed by atoms with van der Waals surface area (Å²) < 4.78 is 6.06. The predicted octanol–water partition coefficient (Wildman–Crippen LogP) is 3.89. The molecule has 1 aliphatic carbocycles. The Morgan fingerprint density at radius 3 is 2.72 bits per heavy atom. The lowest BCUT2D eigenvalue weighted by Gasteiger charge is -2.16. The number of rotatable bonds is 7. The maximum Gasteiger partial charge on any atom is 0.273 e. The van der Waals surface area contributed by atoms with Gasteiger partial charge in [-0.25, -0.2) is 0 Å². The van der Waals surface area contributed by atoms with E-state index in [0.29, 0.717) is 16.9 Å². The van der Waals surface area contributed by atoms with E-state index in [0.717, 1.165) is 29.5 Å². The van der Waals surface area contributed by atoms with E-state index in [1.807, 2.05) is 18.2 Å². The van der Waals surface area contributed by atoms with E-state index >= 15 is 0 Å². The van der Waals surface area contributed by atoms with Gasteiger partial charge in [0.25, 0.3) is 5.69 Å². The Kier molecular flexibility index (Phi) is 5.68. The molecule has 1 atom stereocenters. The highest BCUT2D eigenvalue weighted by Gasteiger charge is 2.25. The summed E-state index contributed by atoms with van der Waals surface area (Å²) in [5.74, 6) is -0.318. The maximum absolute atomic E-state index is 12.8. The first-order valence-corrected chi connectivity index (χ1v) is 10.1. The Hall–Kier alpha value is -4.07. The Bertz CT molecular complexity index is 1240. The zero-order valence-electron chi connectivity index (χ0n) is 17.4. The monoisotopic (exact) mass is 431 g/mol.